The van der Waals surface area contributed by atoms with E-state index in [0.29, 0.717) is 6.54 Å². The summed E-state index contributed by atoms with van der Waals surface area (Å²) < 4.78 is 7.19. The molecule has 31 heavy (non-hydrogen) atoms. The van der Waals surface area contributed by atoms with Crippen LogP contribution >= 0.6 is 0 Å². The van der Waals surface area contributed by atoms with Crippen LogP contribution in [0.4, 0.5) is 0 Å². The fraction of sp³-hybridized carbons (Fsp3) is 0.375. The molecule has 0 aliphatic rings. The lowest BCUT2D eigenvalue weighted by Gasteiger charge is -2.13. The maximum absolute atomic E-state index is 5.23. The van der Waals surface area contributed by atoms with Crippen LogP contribution in [-0.4, -0.2) is 40.9 Å². The second-order valence-corrected chi connectivity index (χ2v) is 7.43. The highest BCUT2D eigenvalue weighted by atomic mass is 16.5. The van der Waals surface area contributed by atoms with E-state index < -0.39 is 0 Å². The molecule has 3 aromatic rings. The third-order valence-electron chi connectivity index (χ3n) is 5.20. The molecule has 1 aromatic heterocycles. The number of rotatable bonds is 10. The normalized spacial score (nSPS) is 11.4. The zero-order chi connectivity index (χ0) is 21.9. The number of aromatic nitrogens is 3. The van der Waals surface area contributed by atoms with Gasteiger partial charge in [-0.05, 0) is 49.4 Å². The van der Waals surface area contributed by atoms with Crippen molar-refractivity contribution in [3.8, 4) is 5.75 Å². The average molecular weight is 421 g/mol. The number of guanidine groups is 1. The van der Waals surface area contributed by atoms with E-state index in [1.54, 1.807) is 7.11 Å². The molecule has 0 radical (unpaired) electrons. The molecule has 0 unspecified atom stereocenters. The highest BCUT2D eigenvalue weighted by molar-refractivity contribution is 5.79. The third kappa shape index (κ3) is 7.13. The number of benzene rings is 2. The van der Waals surface area contributed by atoms with E-state index in [4.69, 9.17) is 9.73 Å². The Hall–Kier alpha value is -3.35. The number of methoxy groups -OCH3 is 1. The van der Waals surface area contributed by atoms with Gasteiger partial charge < -0.3 is 19.9 Å². The van der Waals surface area contributed by atoms with Crippen LogP contribution in [0.15, 0.2) is 59.6 Å². The second kappa shape index (κ2) is 11.7. The molecule has 1 heterocycles. The standard InChI is InChI=1S/C24H32N6O/c1-19-28-29-23(30(19)2)18-27-24(25-16-7-10-20-8-5-4-6-9-20)26-17-15-21-11-13-22(31-3)14-12-21/h4-6,8-9,11-14H,7,10,15-18H2,1-3H3,(H2,25,26,27). The van der Waals surface area contributed by atoms with Crippen molar-refractivity contribution in [1.82, 2.24) is 25.4 Å². The zero-order valence-corrected chi connectivity index (χ0v) is 18.6. The van der Waals surface area contributed by atoms with E-state index in [1.807, 2.05) is 36.7 Å². The van der Waals surface area contributed by atoms with Gasteiger partial charge in [0, 0.05) is 20.1 Å². The van der Waals surface area contributed by atoms with E-state index >= 15 is 0 Å². The summed E-state index contributed by atoms with van der Waals surface area (Å²) >= 11 is 0. The Morgan fingerprint density at radius 2 is 1.65 bits per heavy atom. The summed E-state index contributed by atoms with van der Waals surface area (Å²) in [6, 6.07) is 18.7. The first-order valence-electron chi connectivity index (χ1n) is 10.7. The van der Waals surface area contributed by atoms with Crippen molar-refractivity contribution in [2.45, 2.75) is 32.7 Å². The van der Waals surface area contributed by atoms with Gasteiger partial charge in [-0.15, -0.1) is 10.2 Å². The molecule has 7 nitrogen and oxygen atoms in total. The zero-order valence-electron chi connectivity index (χ0n) is 18.6. The molecule has 0 spiro atoms. The topological polar surface area (TPSA) is 76.4 Å². The van der Waals surface area contributed by atoms with E-state index in [0.717, 1.165) is 55.7 Å². The minimum Gasteiger partial charge on any atom is -0.497 e. The molecule has 7 heteroatoms. The van der Waals surface area contributed by atoms with Crippen LogP contribution in [0.1, 0.15) is 29.2 Å². The number of nitrogens with one attached hydrogen (secondary N) is 2. The van der Waals surface area contributed by atoms with Gasteiger partial charge in [-0.3, -0.25) is 0 Å². The van der Waals surface area contributed by atoms with Gasteiger partial charge >= 0.3 is 0 Å². The van der Waals surface area contributed by atoms with Crippen LogP contribution in [0.2, 0.25) is 0 Å². The molecule has 0 saturated carbocycles. The number of aryl methyl sites for hydroxylation is 2. The monoisotopic (exact) mass is 420 g/mol. The van der Waals surface area contributed by atoms with E-state index in [1.165, 1.54) is 11.1 Å². The summed E-state index contributed by atoms with van der Waals surface area (Å²) in [6.45, 7) is 4.06. The quantitative estimate of drug-likeness (QED) is 0.300. The molecular formula is C24H32N6O. The number of nitrogens with zero attached hydrogens (tertiary/aromatic N) is 4. The van der Waals surface area contributed by atoms with Crippen molar-refractivity contribution in [3.05, 3.63) is 77.4 Å². The first-order chi connectivity index (χ1) is 15.2. The highest BCUT2D eigenvalue weighted by Crippen LogP contribution is 2.11. The van der Waals surface area contributed by atoms with Crippen molar-refractivity contribution in [3.63, 3.8) is 0 Å². The Labute approximate surface area is 184 Å². The number of aliphatic imine (C=N–C) groups is 1. The molecular weight excluding hydrogens is 388 g/mol. The molecule has 0 saturated heterocycles. The summed E-state index contributed by atoms with van der Waals surface area (Å²) in [5.41, 5.74) is 2.60. The Bertz CT molecular complexity index is 950. The van der Waals surface area contributed by atoms with Crippen molar-refractivity contribution in [2.75, 3.05) is 20.2 Å². The molecule has 0 amide bonds. The van der Waals surface area contributed by atoms with Crippen LogP contribution in [0, 0.1) is 6.92 Å². The molecule has 3 rings (SSSR count). The van der Waals surface area contributed by atoms with Gasteiger partial charge in [0.15, 0.2) is 11.8 Å². The van der Waals surface area contributed by atoms with Gasteiger partial charge in [0.1, 0.15) is 18.1 Å². The maximum Gasteiger partial charge on any atom is 0.191 e. The minimum atomic E-state index is 0.480. The molecule has 2 aromatic carbocycles. The highest BCUT2D eigenvalue weighted by Gasteiger charge is 2.05. The Morgan fingerprint density at radius 1 is 0.935 bits per heavy atom. The average Bonchev–Trinajstić information content (AvgIpc) is 3.13. The van der Waals surface area contributed by atoms with Gasteiger partial charge in [0.2, 0.25) is 0 Å². The minimum absolute atomic E-state index is 0.480. The molecule has 164 valence electrons. The second-order valence-electron chi connectivity index (χ2n) is 7.43. The van der Waals surface area contributed by atoms with Gasteiger partial charge in [0.05, 0.1) is 7.11 Å². The lowest BCUT2D eigenvalue weighted by molar-refractivity contribution is 0.414. The fourth-order valence-corrected chi connectivity index (χ4v) is 3.17. The molecule has 0 aliphatic carbocycles. The summed E-state index contributed by atoms with van der Waals surface area (Å²) in [6.07, 6.45) is 2.97. The molecule has 0 fully saturated rings. The predicted molar refractivity (Wildman–Crippen MR) is 124 cm³/mol. The summed E-state index contributed by atoms with van der Waals surface area (Å²) in [5.74, 6) is 3.40. The SMILES string of the molecule is COc1ccc(CCNC(=NCc2nnc(C)n2C)NCCCc2ccccc2)cc1. The number of hydrogen-bond donors (Lipinski definition) is 2. The van der Waals surface area contributed by atoms with E-state index in [9.17, 15) is 0 Å². The first kappa shape index (κ1) is 22.3. The summed E-state index contributed by atoms with van der Waals surface area (Å²) in [7, 11) is 3.64. The van der Waals surface area contributed by atoms with Gasteiger partial charge in [-0.2, -0.15) is 0 Å². The van der Waals surface area contributed by atoms with Crippen molar-refractivity contribution in [2.24, 2.45) is 12.0 Å². The summed E-state index contributed by atoms with van der Waals surface area (Å²) in [5, 5.41) is 15.2. The van der Waals surface area contributed by atoms with Crippen LogP contribution in [0.25, 0.3) is 0 Å². The molecule has 2 N–H and O–H groups in total. The van der Waals surface area contributed by atoms with Crippen LogP contribution in [0.5, 0.6) is 5.75 Å². The smallest absolute Gasteiger partial charge is 0.191 e. The predicted octanol–water partition coefficient (Wildman–Crippen LogP) is 3.04. The van der Waals surface area contributed by atoms with Crippen molar-refractivity contribution in [1.29, 1.82) is 0 Å². The van der Waals surface area contributed by atoms with E-state index in [2.05, 4.69) is 57.2 Å². The first-order valence-corrected chi connectivity index (χ1v) is 10.7. The van der Waals surface area contributed by atoms with Crippen LogP contribution in [0.3, 0.4) is 0 Å². The Kier molecular flexibility index (Phi) is 8.46. The Morgan fingerprint density at radius 3 is 2.32 bits per heavy atom. The lowest BCUT2D eigenvalue weighted by Crippen LogP contribution is -2.39. The third-order valence-corrected chi connectivity index (χ3v) is 5.20. The van der Waals surface area contributed by atoms with Crippen LogP contribution in [-0.2, 0) is 26.4 Å². The van der Waals surface area contributed by atoms with E-state index in [-0.39, 0.29) is 0 Å². The lowest BCUT2D eigenvalue weighted by atomic mass is 10.1. The maximum atomic E-state index is 5.23. The molecule has 0 bridgehead atoms. The molecule has 0 atom stereocenters. The Balaban J connectivity index is 1.53. The van der Waals surface area contributed by atoms with Crippen molar-refractivity contribution < 1.29 is 4.74 Å². The number of hydrogen-bond acceptors (Lipinski definition) is 4. The van der Waals surface area contributed by atoms with Gasteiger partial charge in [-0.1, -0.05) is 42.5 Å². The van der Waals surface area contributed by atoms with Gasteiger partial charge in [-0.25, -0.2) is 4.99 Å². The largest absolute Gasteiger partial charge is 0.497 e. The van der Waals surface area contributed by atoms with Gasteiger partial charge in [0.25, 0.3) is 0 Å². The van der Waals surface area contributed by atoms with Crippen LogP contribution < -0.4 is 15.4 Å². The summed E-state index contributed by atoms with van der Waals surface area (Å²) in [4.78, 5) is 4.72. The fourth-order valence-electron chi connectivity index (χ4n) is 3.17. The molecule has 0 aliphatic heterocycles. The number of ether oxygens (including phenoxy) is 1. The van der Waals surface area contributed by atoms with Crippen molar-refractivity contribution >= 4 is 5.96 Å².